The summed E-state index contributed by atoms with van der Waals surface area (Å²) in [6, 6.07) is 8.09. The van der Waals surface area contributed by atoms with Gasteiger partial charge >= 0.3 is 0 Å². The molecule has 0 spiro atoms. The number of benzene rings is 1. The van der Waals surface area contributed by atoms with E-state index in [1.165, 1.54) is 11.5 Å². The van der Waals surface area contributed by atoms with E-state index >= 15 is 0 Å². The van der Waals surface area contributed by atoms with Gasteiger partial charge in [-0.1, -0.05) is 38.9 Å². The first kappa shape index (κ1) is 14.7. The van der Waals surface area contributed by atoms with Gasteiger partial charge in [-0.25, -0.2) is 5.92 Å². The van der Waals surface area contributed by atoms with Gasteiger partial charge in [0.15, 0.2) is 6.79 Å². The Morgan fingerprint density at radius 3 is 2.47 bits per heavy atom. The average molecular weight is 405 g/mol. The molecule has 1 aliphatic heterocycles. The maximum Gasteiger partial charge on any atom is 0.186 e. The Bertz CT molecular complexity index is 309. The molecule has 0 aromatic heterocycles. The zero-order valence-electron chi connectivity index (χ0n) is 9.98. The molecule has 2 rings (SSSR count). The summed E-state index contributed by atoms with van der Waals surface area (Å²) in [5.41, 5.74) is 1.32. The van der Waals surface area contributed by atoms with Crippen molar-refractivity contribution in [2.45, 2.75) is 13.3 Å². The van der Waals surface area contributed by atoms with Crippen LogP contribution in [0.4, 0.5) is 0 Å². The number of aryl methyl sites for hydroxylation is 1. The predicted octanol–water partition coefficient (Wildman–Crippen LogP) is 2.20. The second kappa shape index (κ2) is 7.86. The first-order valence-electron chi connectivity index (χ1n) is 5.59. The molecule has 1 saturated heterocycles. The molecule has 17 heavy (non-hydrogen) atoms. The molecule has 0 unspecified atom stereocenters. The average Bonchev–Trinajstić information content (AvgIpc) is 2.27. The first-order valence-corrected chi connectivity index (χ1v) is 5.59. The molecular weight excluding hydrogens is 388 g/mol. The van der Waals surface area contributed by atoms with E-state index < -0.39 is 0 Å². The topological polar surface area (TPSA) is 27.7 Å². The predicted molar refractivity (Wildman–Crippen MR) is 61.3 cm³/mol. The Morgan fingerprint density at radius 2 is 1.94 bits per heavy atom. The SMILES string of the molecule is CCc1ccc(OCOC[C-]2COC2)cc1.[W]. The summed E-state index contributed by atoms with van der Waals surface area (Å²) in [7, 11) is 0. The van der Waals surface area contributed by atoms with Gasteiger partial charge in [-0.3, -0.25) is 0 Å². The first-order chi connectivity index (χ1) is 7.88. The van der Waals surface area contributed by atoms with Crippen molar-refractivity contribution in [1.82, 2.24) is 0 Å². The maximum absolute atomic E-state index is 5.45. The van der Waals surface area contributed by atoms with Gasteiger partial charge < -0.3 is 14.2 Å². The Balaban J connectivity index is 0.00000144. The van der Waals surface area contributed by atoms with Crippen LogP contribution in [0.2, 0.25) is 0 Å². The molecule has 1 aromatic carbocycles. The zero-order valence-corrected chi connectivity index (χ0v) is 12.9. The second-order valence-electron chi connectivity index (χ2n) is 3.85. The van der Waals surface area contributed by atoms with E-state index in [1.54, 1.807) is 0 Å². The molecule has 0 saturated carbocycles. The molecule has 0 radical (unpaired) electrons. The molecule has 0 N–H and O–H groups in total. The summed E-state index contributed by atoms with van der Waals surface area (Å²) in [4.78, 5) is 0. The minimum atomic E-state index is 0. The van der Waals surface area contributed by atoms with Gasteiger partial charge in [0.25, 0.3) is 0 Å². The van der Waals surface area contributed by atoms with Crippen LogP contribution in [0.15, 0.2) is 24.3 Å². The van der Waals surface area contributed by atoms with E-state index in [-0.39, 0.29) is 21.1 Å². The molecular formula is C13H17O3W-. The third kappa shape index (κ3) is 4.79. The summed E-state index contributed by atoms with van der Waals surface area (Å²) >= 11 is 0. The van der Waals surface area contributed by atoms with Crippen LogP contribution >= 0.6 is 0 Å². The van der Waals surface area contributed by atoms with Gasteiger partial charge in [-0.2, -0.15) is 0 Å². The van der Waals surface area contributed by atoms with Crippen molar-refractivity contribution in [2.75, 3.05) is 26.6 Å². The second-order valence-corrected chi connectivity index (χ2v) is 3.85. The van der Waals surface area contributed by atoms with Crippen molar-refractivity contribution in [3.05, 3.63) is 35.7 Å². The number of ether oxygens (including phenoxy) is 3. The monoisotopic (exact) mass is 405 g/mol. The Morgan fingerprint density at radius 1 is 1.24 bits per heavy atom. The maximum atomic E-state index is 5.45. The Kier molecular flexibility index (Phi) is 6.79. The summed E-state index contributed by atoms with van der Waals surface area (Å²) in [5, 5.41) is 0. The van der Waals surface area contributed by atoms with Crippen LogP contribution in [0.3, 0.4) is 0 Å². The third-order valence-corrected chi connectivity index (χ3v) is 2.56. The van der Waals surface area contributed by atoms with Gasteiger partial charge in [0.05, 0.1) is 0 Å². The van der Waals surface area contributed by atoms with Crippen LogP contribution in [0.25, 0.3) is 0 Å². The van der Waals surface area contributed by atoms with Gasteiger partial charge in [-0.05, 0) is 24.1 Å². The normalized spacial score (nSPS) is 14.9. The van der Waals surface area contributed by atoms with Gasteiger partial charge in [-0.15, -0.1) is 0 Å². The van der Waals surface area contributed by atoms with Gasteiger partial charge in [0.1, 0.15) is 5.75 Å². The smallest absolute Gasteiger partial charge is 0.186 e. The van der Waals surface area contributed by atoms with Crippen LogP contribution in [0, 0.1) is 5.92 Å². The molecule has 0 bridgehead atoms. The molecule has 1 fully saturated rings. The largest absolute Gasteiger partial charge is 0.468 e. The van der Waals surface area contributed by atoms with Crippen molar-refractivity contribution in [3.63, 3.8) is 0 Å². The third-order valence-electron chi connectivity index (χ3n) is 2.56. The molecule has 1 aliphatic rings. The Labute approximate surface area is 117 Å². The fraction of sp³-hybridized carbons (Fsp3) is 0.462. The summed E-state index contributed by atoms with van der Waals surface area (Å²) in [6.45, 7) is 4.56. The van der Waals surface area contributed by atoms with E-state index in [2.05, 4.69) is 19.1 Å². The quantitative estimate of drug-likeness (QED) is 0.413. The Hall–Kier alpha value is -0.372. The zero-order chi connectivity index (χ0) is 11.2. The van der Waals surface area contributed by atoms with Gasteiger partial charge in [0, 0.05) is 21.1 Å². The van der Waals surface area contributed by atoms with Crippen molar-refractivity contribution >= 4 is 0 Å². The van der Waals surface area contributed by atoms with Crippen LogP contribution in [-0.2, 0) is 37.0 Å². The number of rotatable bonds is 6. The van der Waals surface area contributed by atoms with E-state index in [9.17, 15) is 0 Å². The molecule has 0 aliphatic carbocycles. The van der Waals surface area contributed by atoms with Crippen molar-refractivity contribution in [1.29, 1.82) is 0 Å². The van der Waals surface area contributed by atoms with Gasteiger partial charge in [0.2, 0.25) is 0 Å². The van der Waals surface area contributed by atoms with E-state index in [4.69, 9.17) is 14.2 Å². The fourth-order valence-electron chi connectivity index (χ4n) is 1.45. The summed E-state index contributed by atoms with van der Waals surface area (Å²) < 4.78 is 15.8. The number of hydrogen-bond donors (Lipinski definition) is 0. The molecule has 4 heteroatoms. The van der Waals surface area contributed by atoms with Crippen molar-refractivity contribution in [3.8, 4) is 5.75 Å². The van der Waals surface area contributed by atoms with E-state index in [0.29, 0.717) is 13.4 Å². The van der Waals surface area contributed by atoms with Crippen LogP contribution < -0.4 is 4.74 Å². The molecule has 1 aromatic rings. The standard InChI is InChI=1S/C13H17O3.W/c1-2-11-3-5-13(6-4-11)16-10-15-9-12-7-14-8-12;/h3-6H,2,7-10H2,1H3;/q-1;. The van der Waals surface area contributed by atoms with Crippen molar-refractivity contribution < 1.29 is 35.3 Å². The van der Waals surface area contributed by atoms with Crippen LogP contribution in [0.5, 0.6) is 5.75 Å². The van der Waals surface area contributed by atoms with Crippen LogP contribution in [0.1, 0.15) is 12.5 Å². The van der Waals surface area contributed by atoms with E-state index in [0.717, 1.165) is 25.4 Å². The fourth-order valence-corrected chi connectivity index (χ4v) is 1.45. The molecule has 0 atom stereocenters. The van der Waals surface area contributed by atoms with E-state index in [1.807, 2.05) is 12.1 Å². The minimum Gasteiger partial charge on any atom is -0.468 e. The van der Waals surface area contributed by atoms with Crippen molar-refractivity contribution in [2.24, 2.45) is 0 Å². The summed E-state index contributed by atoms with van der Waals surface area (Å²) in [5.74, 6) is 2.15. The minimum absolute atomic E-state index is 0. The molecule has 1 heterocycles. The number of hydrogen-bond acceptors (Lipinski definition) is 3. The van der Waals surface area contributed by atoms with Crippen LogP contribution in [-0.4, -0.2) is 26.6 Å². The molecule has 0 amide bonds. The molecule has 3 nitrogen and oxygen atoms in total. The molecule has 94 valence electrons. The summed E-state index contributed by atoms with van der Waals surface area (Å²) in [6.07, 6.45) is 1.05.